The van der Waals surface area contributed by atoms with Gasteiger partial charge in [0.05, 0.1) is 6.61 Å². The van der Waals surface area contributed by atoms with Crippen molar-refractivity contribution >= 4 is 10.3 Å². The fourth-order valence-electron chi connectivity index (χ4n) is 3.16. The van der Waals surface area contributed by atoms with Crippen molar-refractivity contribution in [1.82, 2.24) is 0 Å². The number of hydrogen-bond donors (Lipinski definition) is 0. The minimum Gasteiger partial charge on any atom is -0.333 e. The van der Waals surface area contributed by atoms with Gasteiger partial charge in [0.25, 0.3) is 0 Å². The van der Waals surface area contributed by atoms with Crippen molar-refractivity contribution in [3.05, 3.63) is 42.5 Å². The van der Waals surface area contributed by atoms with Crippen LogP contribution in [0.2, 0.25) is 0 Å². The van der Waals surface area contributed by atoms with Crippen LogP contribution < -0.4 is 0 Å². The van der Waals surface area contributed by atoms with Crippen molar-refractivity contribution in [3.8, 4) is 0 Å². The first-order valence-corrected chi connectivity index (χ1v) is 9.14. The Kier molecular flexibility index (Phi) is 3.25. The molecule has 2 bridgehead atoms. The summed E-state index contributed by atoms with van der Waals surface area (Å²) in [6, 6.07) is 10.7. The van der Waals surface area contributed by atoms with E-state index in [0.717, 1.165) is 24.4 Å². The van der Waals surface area contributed by atoms with E-state index in [1.54, 1.807) is 0 Å². The zero-order valence-electron chi connectivity index (χ0n) is 11.2. The summed E-state index contributed by atoms with van der Waals surface area (Å²) >= 11 is 0. The number of benzene rings is 1. The lowest BCUT2D eigenvalue weighted by molar-refractivity contribution is 0.252. The molecular formula is C16H22OS. The minimum absolute atomic E-state index is 0.760. The zero-order chi connectivity index (χ0) is 12.6. The number of fused-ring (bicyclic) bond motifs is 2. The van der Waals surface area contributed by atoms with Gasteiger partial charge in [0, 0.05) is 4.90 Å². The maximum Gasteiger partial charge on any atom is 0.0630 e. The first kappa shape index (κ1) is 12.3. The van der Waals surface area contributed by atoms with E-state index in [1.165, 1.54) is 17.7 Å². The molecule has 3 atom stereocenters. The van der Waals surface area contributed by atoms with Gasteiger partial charge in [-0.15, -0.1) is 10.3 Å². The summed E-state index contributed by atoms with van der Waals surface area (Å²) in [5.74, 6) is 2.40. The lowest BCUT2D eigenvalue weighted by atomic mass is 9.95. The van der Waals surface area contributed by atoms with Crippen molar-refractivity contribution in [2.75, 3.05) is 19.1 Å². The quantitative estimate of drug-likeness (QED) is 0.737. The second kappa shape index (κ2) is 4.75. The van der Waals surface area contributed by atoms with Crippen molar-refractivity contribution in [3.63, 3.8) is 0 Å². The van der Waals surface area contributed by atoms with Gasteiger partial charge in [-0.25, -0.2) is 0 Å². The molecule has 1 aromatic carbocycles. The molecule has 2 heteroatoms. The molecule has 0 saturated heterocycles. The van der Waals surface area contributed by atoms with Gasteiger partial charge >= 0.3 is 0 Å². The van der Waals surface area contributed by atoms with Gasteiger partial charge in [0.15, 0.2) is 0 Å². The van der Waals surface area contributed by atoms with E-state index >= 15 is 0 Å². The Hall–Kier alpha value is -0.730. The highest BCUT2D eigenvalue weighted by atomic mass is 32.3. The average Bonchev–Trinajstić information content (AvgIpc) is 3.00. The molecular weight excluding hydrogens is 240 g/mol. The third kappa shape index (κ3) is 2.36. The normalized spacial score (nSPS) is 30.9. The summed E-state index contributed by atoms with van der Waals surface area (Å²) < 4.78 is 6.30. The first-order valence-electron chi connectivity index (χ1n) is 6.76. The Morgan fingerprint density at radius 1 is 1.11 bits per heavy atom. The Bertz CT molecular complexity index is 438. The second-order valence-electron chi connectivity index (χ2n) is 5.87. The van der Waals surface area contributed by atoms with Crippen LogP contribution in [0.25, 0.3) is 0 Å². The smallest absolute Gasteiger partial charge is 0.0630 e. The molecule has 0 N–H and O–H groups in total. The predicted octanol–water partition coefficient (Wildman–Crippen LogP) is 4.25. The summed E-state index contributed by atoms with van der Waals surface area (Å²) in [5.41, 5.74) is 0. The summed E-state index contributed by atoms with van der Waals surface area (Å²) in [6.45, 7) is 0.933. The average molecular weight is 262 g/mol. The van der Waals surface area contributed by atoms with Gasteiger partial charge in [-0.2, -0.15) is 0 Å². The van der Waals surface area contributed by atoms with E-state index in [4.69, 9.17) is 4.18 Å². The van der Waals surface area contributed by atoms with Gasteiger partial charge in [-0.05, 0) is 55.2 Å². The number of rotatable bonds is 4. The van der Waals surface area contributed by atoms with Crippen LogP contribution in [0.4, 0.5) is 0 Å². The van der Waals surface area contributed by atoms with Crippen molar-refractivity contribution < 1.29 is 4.18 Å². The van der Waals surface area contributed by atoms with E-state index in [9.17, 15) is 0 Å². The Balaban J connectivity index is 1.61. The predicted molar refractivity (Wildman–Crippen MR) is 78.9 cm³/mol. The number of allylic oxidation sites excluding steroid dienone is 2. The molecule has 0 aromatic heterocycles. The van der Waals surface area contributed by atoms with Crippen LogP contribution >= 0.6 is 10.3 Å². The molecule has 98 valence electrons. The molecule has 3 rings (SSSR count). The van der Waals surface area contributed by atoms with Crippen molar-refractivity contribution in [2.24, 2.45) is 17.8 Å². The van der Waals surface area contributed by atoms with Gasteiger partial charge < -0.3 is 4.18 Å². The molecule has 1 fully saturated rings. The topological polar surface area (TPSA) is 9.23 Å². The van der Waals surface area contributed by atoms with Crippen LogP contribution in [0, 0.1) is 17.8 Å². The largest absolute Gasteiger partial charge is 0.333 e. The van der Waals surface area contributed by atoms with Gasteiger partial charge in [-0.3, -0.25) is 0 Å². The summed E-state index contributed by atoms with van der Waals surface area (Å²) in [6.07, 6.45) is 12.0. The van der Waals surface area contributed by atoms with Gasteiger partial charge in [0.2, 0.25) is 0 Å². The third-order valence-electron chi connectivity index (χ3n) is 4.30. The third-order valence-corrected chi connectivity index (χ3v) is 6.44. The van der Waals surface area contributed by atoms with Crippen molar-refractivity contribution in [2.45, 2.75) is 17.7 Å². The van der Waals surface area contributed by atoms with E-state index in [0.29, 0.717) is 0 Å². The highest BCUT2D eigenvalue weighted by molar-refractivity contribution is 8.28. The summed E-state index contributed by atoms with van der Waals surface area (Å²) in [7, 11) is -1.09. The first-order chi connectivity index (χ1) is 8.65. The number of hydrogen-bond acceptors (Lipinski definition) is 1. The van der Waals surface area contributed by atoms with E-state index in [-0.39, 0.29) is 0 Å². The van der Waals surface area contributed by atoms with Crippen LogP contribution in [0.1, 0.15) is 12.8 Å². The van der Waals surface area contributed by atoms with Crippen LogP contribution in [0.15, 0.2) is 47.4 Å². The highest BCUT2D eigenvalue weighted by Crippen LogP contribution is 2.52. The maximum atomic E-state index is 6.30. The molecule has 0 amide bonds. The molecule has 1 aromatic rings. The highest BCUT2D eigenvalue weighted by Gasteiger charge is 2.36. The molecule has 18 heavy (non-hydrogen) atoms. The Labute approximate surface area is 112 Å². The molecule has 0 heterocycles. The molecule has 0 radical (unpaired) electrons. The standard InChI is InChI=1S/C16H22OS/c1-18(2,16-6-4-3-5-7-16)17-12-15-11-13-8-9-14(15)10-13/h3-9,13-15H,10-12H2,1-2H3. The lowest BCUT2D eigenvalue weighted by Gasteiger charge is -2.33. The summed E-state index contributed by atoms with van der Waals surface area (Å²) in [5, 5.41) is 0. The van der Waals surface area contributed by atoms with Crippen LogP contribution in [0.5, 0.6) is 0 Å². The molecule has 3 unspecified atom stereocenters. The monoisotopic (exact) mass is 262 g/mol. The lowest BCUT2D eigenvalue weighted by Crippen LogP contribution is -2.16. The molecule has 2 aliphatic carbocycles. The SMILES string of the molecule is CS(C)(OCC1CC2C=CC1C2)c1ccccc1. The maximum absolute atomic E-state index is 6.30. The van der Waals surface area contributed by atoms with E-state index in [1.807, 2.05) is 0 Å². The van der Waals surface area contributed by atoms with Gasteiger partial charge in [-0.1, -0.05) is 30.4 Å². The van der Waals surface area contributed by atoms with Crippen LogP contribution in [-0.2, 0) is 4.18 Å². The fourth-order valence-corrected chi connectivity index (χ4v) is 4.62. The molecule has 2 aliphatic rings. The Morgan fingerprint density at radius 3 is 2.50 bits per heavy atom. The van der Waals surface area contributed by atoms with Crippen LogP contribution in [0.3, 0.4) is 0 Å². The second-order valence-corrected chi connectivity index (χ2v) is 9.04. The van der Waals surface area contributed by atoms with Gasteiger partial charge in [0.1, 0.15) is 0 Å². The van der Waals surface area contributed by atoms with E-state index in [2.05, 4.69) is 55.0 Å². The van der Waals surface area contributed by atoms with Crippen molar-refractivity contribution in [1.29, 1.82) is 0 Å². The Morgan fingerprint density at radius 2 is 1.89 bits per heavy atom. The van der Waals surface area contributed by atoms with Crippen LogP contribution in [-0.4, -0.2) is 19.1 Å². The molecule has 0 spiro atoms. The fraction of sp³-hybridized carbons (Fsp3) is 0.500. The summed E-state index contributed by atoms with van der Waals surface area (Å²) in [4.78, 5) is 1.35. The molecule has 1 nitrogen and oxygen atoms in total. The zero-order valence-corrected chi connectivity index (χ0v) is 12.0. The minimum atomic E-state index is -1.09. The molecule has 0 aliphatic heterocycles. The van der Waals surface area contributed by atoms with E-state index < -0.39 is 10.3 Å². The molecule has 1 saturated carbocycles.